The third kappa shape index (κ3) is 4.34. The fraction of sp³-hybridized carbons (Fsp3) is 0.150. The fourth-order valence-electron chi connectivity index (χ4n) is 2.83. The van der Waals surface area contributed by atoms with Crippen LogP contribution in [0.25, 0.3) is 22.4 Å². The third-order valence-electron chi connectivity index (χ3n) is 4.15. The minimum absolute atomic E-state index is 0.00239. The summed E-state index contributed by atoms with van der Waals surface area (Å²) in [6.45, 7) is 0. The van der Waals surface area contributed by atoms with Gasteiger partial charge in [0.05, 0.1) is 34.4 Å². The summed E-state index contributed by atoms with van der Waals surface area (Å²) in [7, 11) is 3.43. The SMILES string of the molecule is CN(C)/C=N/c1nc(-c2cn[nH]c2)c(C#N)c(-c2ccc(C(F)(F)F)c(Cl)c2)c1C#N. The molecule has 0 aliphatic heterocycles. The van der Waals surface area contributed by atoms with E-state index in [1.165, 1.54) is 18.7 Å². The maximum absolute atomic E-state index is 13.1. The van der Waals surface area contributed by atoms with Crippen LogP contribution in [0.2, 0.25) is 5.02 Å². The Kier molecular flexibility index (Phi) is 5.95. The molecule has 0 saturated heterocycles. The molecule has 3 aromatic rings. The molecule has 0 saturated carbocycles. The largest absolute Gasteiger partial charge is 0.417 e. The van der Waals surface area contributed by atoms with Gasteiger partial charge in [0, 0.05) is 31.4 Å². The smallest absolute Gasteiger partial charge is 0.369 e. The molecule has 1 aromatic carbocycles. The van der Waals surface area contributed by atoms with Crippen molar-refractivity contribution < 1.29 is 13.2 Å². The van der Waals surface area contributed by atoms with E-state index in [2.05, 4.69) is 20.2 Å². The molecule has 0 bridgehead atoms. The van der Waals surface area contributed by atoms with E-state index in [4.69, 9.17) is 11.6 Å². The third-order valence-corrected chi connectivity index (χ3v) is 4.46. The first-order chi connectivity index (χ1) is 14.7. The van der Waals surface area contributed by atoms with Gasteiger partial charge in [-0.15, -0.1) is 0 Å². The number of halogens is 4. The molecule has 156 valence electrons. The number of hydrogen-bond donors (Lipinski definition) is 1. The van der Waals surface area contributed by atoms with Crippen LogP contribution in [0.3, 0.4) is 0 Å². The second-order valence-electron chi connectivity index (χ2n) is 6.52. The van der Waals surface area contributed by atoms with Crippen LogP contribution in [0.1, 0.15) is 16.7 Å². The molecule has 0 radical (unpaired) electrons. The molecular formula is C20H13ClF3N7. The monoisotopic (exact) mass is 443 g/mol. The number of alkyl halides is 3. The fourth-order valence-corrected chi connectivity index (χ4v) is 3.12. The second kappa shape index (κ2) is 8.46. The number of nitrogens with one attached hydrogen (secondary N) is 1. The summed E-state index contributed by atoms with van der Waals surface area (Å²) in [4.78, 5) is 10.2. The average Bonchev–Trinajstić information content (AvgIpc) is 3.24. The lowest BCUT2D eigenvalue weighted by Gasteiger charge is -2.15. The molecule has 0 spiro atoms. The Balaban J connectivity index is 2.39. The summed E-state index contributed by atoms with van der Waals surface area (Å²) < 4.78 is 39.4. The zero-order valence-corrected chi connectivity index (χ0v) is 16.9. The van der Waals surface area contributed by atoms with Gasteiger partial charge in [-0.3, -0.25) is 5.10 Å². The molecule has 31 heavy (non-hydrogen) atoms. The summed E-state index contributed by atoms with van der Waals surface area (Å²) in [5.41, 5.74) is -0.258. The molecule has 0 aliphatic carbocycles. The molecule has 7 nitrogen and oxygen atoms in total. The highest BCUT2D eigenvalue weighted by Gasteiger charge is 2.33. The number of pyridine rings is 1. The van der Waals surface area contributed by atoms with E-state index in [1.54, 1.807) is 19.0 Å². The van der Waals surface area contributed by atoms with Crippen molar-refractivity contribution in [2.45, 2.75) is 6.18 Å². The minimum Gasteiger partial charge on any atom is -0.369 e. The van der Waals surface area contributed by atoms with Crippen LogP contribution in [0, 0.1) is 22.7 Å². The van der Waals surface area contributed by atoms with Gasteiger partial charge in [-0.1, -0.05) is 17.7 Å². The van der Waals surface area contributed by atoms with Gasteiger partial charge in [-0.25, -0.2) is 9.98 Å². The molecule has 11 heteroatoms. The zero-order chi connectivity index (χ0) is 22.8. The first kappa shape index (κ1) is 21.8. The van der Waals surface area contributed by atoms with Crippen molar-refractivity contribution >= 4 is 23.8 Å². The standard InChI is InChI=1S/C20H13ClF3N7/c1-31(2)10-27-19-14(7-26)17(11-3-4-15(16(21)5-11)20(22,23)24)13(6-25)18(30-19)12-8-28-29-9-12/h3-5,8-10H,1-2H3,(H,28,29)/b27-10+. The van der Waals surface area contributed by atoms with Gasteiger partial charge in [-0.2, -0.15) is 28.8 Å². The van der Waals surface area contributed by atoms with E-state index in [0.29, 0.717) is 5.56 Å². The molecule has 3 rings (SSSR count). The number of aromatic nitrogens is 3. The summed E-state index contributed by atoms with van der Waals surface area (Å²) in [5, 5.41) is 25.6. The van der Waals surface area contributed by atoms with Gasteiger partial charge in [0.15, 0.2) is 5.82 Å². The Labute approximate surface area is 180 Å². The van der Waals surface area contributed by atoms with E-state index in [9.17, 15) is 23.7 Å². The van der Waals surface area contributed by atoms with E-state index in [-0.39, 0.29) is 33.8 Å². The van der Waals surface area contributed by atoms with Gasteiger partial charge < -0.3 is 4.90 Å². The Morgan fingerprint density at radius 2 is 1.87 bits per heavy atom. The van der Waals surface area contributed by atoms with E-state index < -0.39 is 16.8 Å². The predicted molar refractivity (Wildman–Crippen MR) is 109 cm³/mol. The number of benzene rings is 1. The zero-order valence-electron chi connectivity index (χ0n) is 16.2. The number of H-pyrrole nitrogens is 1. The molecule has 1 N–H and O–H groups in total. The lowest BCUT2D eigenvalue weighted by atomic mass is 9.92. The van der Waals surface area contributed by atoms with Crippen LogP contribution in [-0.2, 0) is 6.18 Å². The molecule has 0 amide bonds. The van der Waals surface area contributed by atoms with E-state index in [1.807, 2.05) is 12.1 Å². The van der Waals surface area contributed by atoms with Crippen molar-refractivity contribution in [2.75, 3.05) is 14.1 Å². The first-order valence-corrected chi connectivity index (χ1v) is 9.00. The van der Waals surface area contributed by atoms with Crippen LogP contribution in [-0.4, -0.2) is 40.5 Å². The number of aliphatic imine (C=N–C) groups is 1. The van der Waals surface area contributed by atoms with E-state index >= 15 is 0 Å². The minimum atomic E-state index is -4.65. The Morgan fingerprint density at radius 1 is 1.16 bits per heavy atom. The first-order valence-electron chi connectivity index (χ1n) is 8.62. The maximum atomic E-state index is 13.1. The molecule has 0 aliphatic rings. The molecular weight excluding hydrogens is 431 g/mol. The number of hydrogen-bond acceptors (Lipinski definition) is 5. The average molecular weight is 444 g/mol. The van der Waals surface area contributed by atoms with Crippen LogP contribution >= 0.6 is 11.6 Å². The van der Waals surface area contributed by atoms with Crippen LogP contribution in [0.4, 0.5) is 19.0 Å². The van der Waals surface area contributed by atoms with Crippen molar-refractivity contribution in [1.82, 2.24) is 20.1 Å². The highest BCUT2D eigenvalue weighted by molar-refractivity contribution is 6.31. The molecule has 2 heterocycles. The molecule has 0 unspecified atom stereocenters. The summed E-state index contributed by atoms with van der Waals surface area (Å²) >= 11 is 5.88. The van der Waals surface area contributed by atoms with Crippen molar-refractivity contribution in [2.24, 2.45) is 4.99 Å². The molecule has 0 atom stereocenters. The van der Waals surface area contributed by atoms with Gasteiger partial charge in [0.1, 0.15) is 17.7 Å². The normalized spacial score (nSPS) is 11.4. The summed E-state index contributed by atoms with van der Waals surface area (Å²) in [5.74, 6) is -0.00239. The highest BCUT2D eigenvalue weighted by Crippen LogP contribution is 2.41. The van der Waals surface area contributed by atoms with Crippen molar-refractivity contribution in [3.63, 3.8) is 0 Å². The Morgan fingerprint density at radius 3 is 2.39 bits per heavy atom. The quantitative estimate of drug-likeness (QED) is 0.461. The molecule has 0 fully saturated rings. The van der Waals surface area contributed by atoms with Crippen LogP contribution in [0.15, 0.2) is 35.6 Å². The van der Waals surface area contributed by atoms with Crippen LogP contribution in [0.5, 0.6) is 0 Å². The maximum Gasteiger partial charge on any atom is 0.417 e. The molecule has 2 aromatic heterocycles. The summed E-state index contributed by atoms with van der Waals surface area (Å²) in [6, 6.07) is 7.00. The number of rotatable bonds is 4. The number of nitriles is 2. The Hall–Kier alpha value is -3.89. The topological polar surface area (TPSA) is 105 Å². The van der Waals surface area contributed by atoms with Crippen molar-refractivity contribution in [3.8, 4) is 34.5 Å². The highest BCUT2D eigenvalue weighted by atomic mass is 35.5. The predicted octanol–water partition coefficient (Wildman–Crippen LogP) is 4.78. The van der Waals surface area contributed by atoms with Crippen molar-refractivity contribution in [3.05, 3.63) is 52.3 Å². The number of nitrogens with zero attached hydrogens (tertiary/aromatic N) is 6. The lowest BCUT2D eigenvalue weighted by molar-refractivity contribution is -0.137. The lowest BCUT2D eigenvalue weighted by Crippen LogP contribution is -2.08. The second-order valence-corrected chi connectivity index (χ2v) is 6.93. The van der Waals surface area contributed by atoms with Gasteiger partial charge in [0.2, 0.25) is 0 Å². The number of aromatic amines is 1. The van der Waals surface area contributed by atoms with Crippen LogP contribution < -0.4 is 0 Å². The van der Waals surface area contributed by atoms with Gasteiger partial charge >= 0.3 is 6.18 Å². The Bertz CT molecular complexity index is 1230. The summed E-state index contributed by atoms with van der Waals surface area (Å²) in [6.07, 6.45) is -0.304. The van der Waals surface area contributed by atoms with E-state index in [0.717, 1.165) is 18.2 Å². The van der Waals surface area contributed by atoms with Gasteiger partial charge in [0.25, 0.3) is 0 Å². The van der Waals surface area contributed by atoms with Gasteiger partial charge in [-0.05, 0) is 17.7 Å². The van der Waals surface area contributed by atoms with Crippen molar-refractivity contribution in [1.29, 1.82) is 10.5 Å².